The predicted molar refractivity (Wildman–Crippen MR) is 69.2 cm³/mol. The van der Waals surface area contributed by atoms with Crippen molar-refractivity contribution in [2.75, 3.05) is 6.54 Å². The SMILES string of the molecule is O=c1[nH][nH]c2c1CCN(S(=O)(=O)c1ccccc1)C2. The number of fused-ring (bicyclic) bond motifs is 1. The zero-order valence-electron chi connectivity index (χ0n) is 10.1. The molecule has 0 aliphatic carbocycles. The minimum atomic E-state index is -3.50. The molecule has 100 valence electrons. The molecule has 19 heavy (non-hydrogen) atoms. The maximum Gasteiger partial charge on any atom is 0.267 e. The molecular formula is C12H13N3O3S. The van der Waals surface area contributed by atoms with Crippen molar-refractivity contribution in [3.05, 3.63) is 51.9 Å². The van der Waals surface area contributed by atoms with Crippen molar-refractivity contribution in [3.63, 3.8) is 0 Å². The van der Waals surface area contributed by atoms with E-state index in [4.69, 9.17) is 0 Å². The van der Waals surface area contributed by atoms with Gasteiger partial charge in [-0.05, 0) is 18.6 Å². The lowest BCUT2D eigenvalue weighted by Gasteiger charge is -2.25. The fraction of sp³-hybridized carbons (Fsp3) is 0.250. The Bertz CT molecular complexity index is 746. The van der Waals surface area contributed by atoms with Crippen LogP contribution >= 0.6 is 0 Å². The summed E-state index contributed by atoms with van der Waals surface area (Å²) in [5.74, 6) is 0. The number of nitrogens with zero attached hydrogens (tertiary/aromatic N) is 1. The predicted octanol–water partition coefficient (Wildman–Crippen LogP) is 0.450. The van der Waals surface area contributed by atoms with Gasteiger partial charge in [0.05, 0.1) is 17.1 Å². The van der Waals surface area contributed by atoms with Crippen LogP contribution in [0.5, 0.6) is 0 Å². The van der Waals surface area contributed by atoms with Gasteiger partial charge in [0.2, 0.25) is 10.0 Å². The molecule has 7 heteroatoms. The zero-order chi connectivity index (χ0) is 13.5. The maximum absolute atomic E-state index is 12.4. The normalized spacial score (nSPS) is 16.2. The second-order valence-electron chi connectivity index (χ2n) is 4.44. The van der Waals surface area contributed by atoms with Crippen molar-refractivity contribution < 1.29 is 8.42 Å². The van der Waals surface area contributed by atoms with Crippen molar-refractivity contribution in [2.24, 2.45) is 0 Å². The van der Waals surface area contributed by atoms with Crippen molar-refractivity contribution >= 4 is 10.0 Å². The third-order valence-electron chi connectivity index (χ3n) is 3.29. The first-order valence-electron chi connectivity index (χ1n) is 5.92. The largest absolute Gasteiger partial charge is 0.301 e. The van der Waals surface area contributed by atoms with E-state index in [-0.39, 0.29) is 17.0 Å². The maximum atomic E-state index is 12.4. The molecule has 0 spiro atoms. The first-order valence-corrected chi connectivity index (χ1v) is 7.36. The first kappa shape index (κ1) is 12.2. The van der Waals surface area contributed by atoms with Crippen molar-refractivity contribution in [1.82, 2.24) is 14.5 Å². The van der Waals surface area contributed by atoms with Gasteiger partial charge in [-0.15, -0.1) is 0 Å². The van der Waals surface area contributed by atoms with Crippen LogP contribution < -0.4 is 5.56 Å². The number of hydrogen-bond donors (Lipinski definition) is 2. The lowest BCUT2D eigenvalue weighted by Crippen LogP contribution is -2.36. The van der Waals surface area contributed by atoms with Gasteiger partial charge in [-0.1, -0.05) is 18.2 Å². The summed E-state index contributed by atoms with van der Waals surface area (Å²) in [5.41, 5.74) is 1.14. The molecule has 1 aliphatic rings. The van der Waals surface area contributed by atoms with E-state index in [1.54, 1.807) is 30.3 Å². The summed E-state index contributed by atoms with van der Waals surface area (Å²) in [5, 5.41) is 5.22. The van der Waals surface area contributed by atoms with Gasteiger partial charge in [0.15, 0.2) is 0 Å². The van der Waals surface area contributed by atoms with E-state index < -0.39 is 10.0 Å². The molecule has 3 rings (SSSR count). The molecule has 1 aromatic heterocycles. The third kappa shape index (κ3) is 2.00. The molecule has 2 N–H and O–H groups in total. The number of nitrogens with one attached hydrogen (secondary N) is 2. The van der Waals surface area contributed by atoms with Gasteiger partial charge in [-0.25, -0.2) is 8.42 Å². The summed E-state index contributed by atoms with van der Waals surface area (Å²) < 4.78 is 26.2. The Hall–Kier alpha value is -1.86. The summed E-state index contributed by atoms with van der Waals surface area (Å²) >= 11 is 0. The van der Waals surface area contributed by atoms with Gasteiger partial charge in [-0.3, -0.25) is 9.89 Å². The Kier molecular flexibility index (Phi) is 2.79. The summed E-state index contributed by atoms with van der Waals surface area (Å²) in [4.78, 5) is 11.7. The molecule has 0 atom stereocenters. The molecule has 0 unspecified atom stereocenters. The topological polar surface area (TPSA) is 86.0 Å². The Morgan fingerprint density at radius 1 is 1.11 bits per heavy atom. The van der Waals surface area contributed by atoms with Crippen LogP contribution in [-0.2, 0) is 23.0 Å². The highest BCUT2D eigenvalue weighted by Crippen LogP contribution is 2.21. The highest BCUT2D eigenvalue weighted by atomic mass is 32.2. The van der Waals surface area contributed by atoms with E-state index in [1.807, 2.05) is 0 Å². The van der Waals surface area contributed by atoms with Crippen LogP contribution in [0.2, 0.25) is 0 Å². The molecule has 1 aromatic carbocycles. The average molecular weight is 279 g/mol. The monoisotopic (exact) mass is 279 g/mol. The Balaban J connectivity index is 1.95. The Morgan fingerprint density at radius 3 is 2.58 bits per heavy atom. The van der Waals surface area contributed by atoms with Crippen molar-refractivity contribution in [3.8, 4) is 0 Å². The summed E-state index contributed by atoms with van der Waals surface area (Å²) in [7, 11) is -3.50. The van der Waals surface area contributed by atoms with E-state index in [0.717, 1.165) is 0 Å². The smallest absolute Gasteiger partial charge is 0.267 e. The number of H-pyrrole nitrogens is 2. The standard InChI is InChI=1S/C12H13N3O3S/c16-12-10-6-7-15(8-11(10)13-14-12)19(17,18)9-4-2-1-3-5-9/h1-5H,6-8H2,(H2,13,14,16). The highest BCUT2D eigenvalue weighted by Gasteiger charge is 2.29. The number of sulfonamides is 1. The van der Waals surface area contributed by atoms with Crippen LogP contribution in [0.3, 0.4) is 0 Å². The molecule has 0 radical (unpaired) electrons. The zero-order valence-corrected chi connectivity index (χ0v) is 10.9. The van der Waals surface area contributed by atoms with Crippen molar-refractivity contribution in [1.29, 1.82) is 0 Å². The molecule has 0 fully saturated rings. The molecule has 2 heterocycles. The number of hydrogen-bond acceptors (Lipinski definition) is 3. The number of aromatic amines is 2. The van der Waals surface area contributed by atoms with E-state index in [0.29, 0.717) is 24.2 Å². The Labute approximate surface area is 110 Å². The third-order valence-corrected chi connectivity index (χ3v) is 5.15. The van der Waals surface area contributed by atoms with Crippen LogP contribution in [0.15, 0.2) is 40.0 Å². The van der Waals surface area contributed by atoms with Gasteiger partial charge in [-0.2, -0.15) is 4.31 Å². The molecule has 2 aromatic rings. The second kappa shape index (κ2) is 4.36. The van der Waals surface area contributed by atoms with Gasteiger partial charge in [0, 0.05) is 12.1 Å². The fourth-order valence-electron chi connectivity index (χ4n) is 2.26. The lowest BCUT2D eigenvalue weighted by atomic mass is 10.1. The van der Waals surface area contributed by atoms with Gasteiger partial charge >= 0.3 is 0 Å². The van der Waals surface area contributed by atoms with Crippen molar-refractivity contribution in [2.45, 2.75) is 17.9 Å². The van der Waals surface area contributed by atoms with E-state index >= 15 is 0 Å². The molecular weight excluding hydrogens is 266 g/mol. The number of rotatable bonds is 2. The molecule has 0 amide bonds. The van der Waals surface area contributed by atoms with Crippen LogP contribution in [0.1, 0.15) is 11.3 Å². The Morgan fingerprint density at radius 2 is 1.84 bits per heavy atom. The molecule has 1 aliphatic heterocycles. The summed E-state index contributed by atoms with van der Waals surface area (Å²) in [6.45, 7) is 0.524. The van der Waals surface area contributed by atoms with E-state index in [2.05, 4.69) is 10.2 Å². The molecule has 0 saturated carbocycles. The van der Waals surface area contributed by atoms with Crippen LogP contribution in [-0.4, -0.2) is 29.5 Å². The fourth-order valence-corrected chi connectivity index (χ4v) is 3.69. The highest BCUT2D eigenvalue weighted by molar-refractivity contribution is 7.89. The van der Waals surface area contributed by atoms with Crippen LogP contribution in [0.4, 0.5) is 0 Å². The quantitative estimate of drug-likeness (QED) is 0.837. The minimum Gasteiger partial charge on any atom is -0.301 e. The van der Waals surface area contributed by atoms with Crippen LogP contribution in [0.25, 0.3) is 0 Å². The van der Waals surface area contributed by atoms with E-state index in [9.17, 15) is 13.2 Å². The second-order valence-corrected chi connectivity index (χ2v) is 6.38. The lowest BCUT2D eigenvalue weighted by molar-refractivity contribution is 0.387. The number of aromatic nitrogens is 2. The minimum absolute atomic E-state index is 0.160. The molecule has 0 bridgehead atoms. The average Bonchev–Trinajstić information content (AvgIpc) is 2.81. The summed E-state index contributed by atoms with van der Waals surface area (Å²) in [6.07, 6.45) is 0.431. The molecule has 6 nitrogen and oxygen atoms in total. The number of benzene rings is 1. The van der Waals surface area contributed by atoms with Gasteiger partial charge in [0.25, 0.3) is 5.56 Å². The van der Waals surface area contributed by atoms with Gasteiger partial charge < -0.3 is 5.10 Å². The first-order chi connectivity index (χ1) is 9.09. The summed E-state index contributed by atoms with van der Waals surface area (Å²) in [6, 6.07) is 8.31. The van der Waals surface area contributed by atoms with E-state index in [1.165, 1.54) is 4.31 Å². The molecule has 0 saturated heterocycles. The van der Waals surface area contributed by atoms with Crippen LogP contribution in [0, 0.1) is 0 Å². The van der Waals surface area contributed by atoms with Gasteiger partial charge in [0.1, 0.15) is 0 Å².